The number of ether oxygens (including phenoxy) is 2. The van der Waals surface area contributed by atoms with Gasteiger partial charge in [0.15, 0.2) is 0 Å². The van der Waals surface area contributed by atoms with Crippen LogP contribution in [0.2, 0.25) is 0 Å². The van der Waals surface area contributed by atoms with E-state index in [9.17, 15) is 9.59 Å². The molecule has 1 rings (SSSR count). The molecule has 1 amide bonds. The molecule has 1 aliphatic rings. The first kappa shape index (κ1) is 13.8. The number of carboxylic acids is 1. The molecule has 1 heterocycles. The second-order valence-electron chi connectivity index (χ2n) is 5.02. The van der Waals surface area contributed by atoms with Gasteiger partial charge in [0.25, 0.3) is 0 Å². The number of carbonyl (C=O) groups excluding carboxylic acids is 1. The molecule has 1 fully saturated rings. The van der Waals surface area contributed by atoms with Gasteiger partial charge in [0, 0.05) is 12.0 Å². The summed E-state index contributed by atoms with van der Waals surface area (Å²) < 4.78 is 10.3. The van der Waals surface area contributed by atoms with Gasteiger partial charge in [-0.2, -0.15) is 0 Å². The van der Waals surface area contributed by atoms with E-state index in [1.165, 1.54) is 4.90 Å². The highest BCUT2D eigenvalue weighted by Crippen LogP contribution is 2.17. The summed E-state index contributed by atoms with van der Waals surface area (Å²) in [5, 5.41) is 8.78. The molecule has 98 valence electrons. The Labute approximate surface area is 100 Å². The van der Waals surface area contributed by atoms with E-state index in [0.717, 1.165) is 0 Å². The predicted octanol–water partition coefficient (Wildman–Crippen LogP) is 1.10. The lowest BCUT2D eigenvalue weighted by atomic mass is 10.1. The maximum Gasteiger partial charge on any atom is 0.411 e. The van der Waals surface area contributed by atoms with E-state index in [4.69, 9.17) is 14.6 Å². The molecule has 0 saturated carbocycles. The van der Waals surface area contributed by atoms with E-state index in [1.54, 1.807) is 20.8 Å². The number of carbonyl (C=O) groups is 2. The highest BCUT2D eigenvalue weighted by Gasteiger charge is 2.32. The lowest BCUT2D eigenvalue weighted by molar-refractivity contribution is -0.139. The van der Waals surface area contributed by atoms with Crippen molar-refractivity contribution in [1.82, 2.24) is 4.90 Å². The van der Waals surface area contributed by atoms with Crippen LogP contribution in [0.1, 0.15) is 27.2 Å². The smallest absolute Gasteiger partial charge is 0.411 e. The van der Waals surface area contributed by atoms with Gasteiger partial charge in [0.1, 0.15) is 12.6 Å². The third kappa shape index (κ3) is 4.22. The van der Waals surface area contributed by atoms with Crippen LogP contribution < -0.4 is 0 Å². The van der Waals surface area contributed by atoms with Crippen LogP contribution in [-0.2, 0) is 14.3 Å². The number of hydrogen-bond donors (Lipinski definition) is 1. The Bertz CT molecular complexity index is 291. The van der Waals surface area contributed by atoms with Crippen molar-refractivity contribution in [1.29, 1.82) is 0 Å². The number of amides is 1. The van der Waals surface area contributed by atoms with E-state index in [0.29, 0.717) is 19.6 Å². The highest BCUT2D eigenvalue weighted by molar-refractivity contribution is 5.77. The zero-order valence-electron chi connectivity index (χ0n) is 10.4. The van der Waals surface area contributed by atoms with Crippen LogP contribution in [0, 0.1) is 0 Å². The Morgan fingerprint density at radius 3 is 2.53 bits per heavy atom. The van der Waals surface area contributed by atoms with Crippen LogP contribution >= 0.6 is 0 Å². The number of hydrogen-bond acceptors (Lipinski definition) is 4. The molecule has 0 bridgehead atoms. The van der Waals surface area contributed by atoms with Gasteiger partial charge in [-0.15, -0.1) is 0 Å². The van der Waals surface area contributed by atoms with Crippen molar-refractivity contribution in [3.05, 3.63) is 0 Å². The first-order valence-electron chi connectivity index (χ1n) is 5.58. The molecule has 0 spiro atoms. The lowest BCUT2D eigenvalue weighted by Crippen LogP contribution is -2.49. The van der Waals surface area contributed by atoms with E-state index < -0.39 is 17.6 Å². The first-order chi connectivity index (χ1) is 7.80. The van der Waals surface area contributed by atoms with Crippen molar-refractivity contribution >= 4 is 12.1 Å². The maximum absolute atomic E-state index is 11.9. The summed E-state index contributed by atoms with van der Waals surface area (Å²) in [5.74, 6) is -1.06. The van der Waals surface area contributed by atoms with Gasteiger partial charge >= 0.3 is 12.1 Å². The summed E-state index contributed by atoms with van der Waals surface area (Å²) >= 11 is 0. The van der Waals surface area contributed by atoms with E-state index in [1.807, 2.05) is 0 Å². The molecule has 6 nitrogen and oxygen atoms in total. The SMILES string of the molecule is CC(C)(C)N(CC(=O)O)C(=O)O[C@H]1CCOC1. The third-order valence-electron chi connectivity index (χ3n) is 2.48. The molecule has 1 aliphatic heterocycles. The number of carboxylic acid groups (broad SMARTS) is 1. The minimum atomic E-state index is -1.06. The van der Waals surface area contributed by atoms with Gasteiger partial charge in [0.2, 0.25) is 0 Å². The molecule has 0 radical (unpaired) electrons. The Morgan fingerprint density at radius 2 is 2.12 bits per heavy atom. The highest BCUT2D eigenvalue weighted by atomic mass is 16.6. The average Bonchev–Trinajstić information content (AvgIpc) is 2.64. The second-order valence-corrected chi connectivity index (χ2v) is 5.02. The normalized spacial score (nSPS) is 20.1. The van der Waals surface area contributed by atoms with Crippen LogP contribution in [0.3, 0.4) is 0 Å². The molecule has 0 aromatic carbocycles. The standard InChI is InChI=1S/C11H19NO5/c1-11(2,3)12(6-9(13)14)10(15)17-8-4-5-16-7-8/h8H,4-7H2,1-3H3,(H,13,14)/t8-/m0/s1. The number of aliphatic carboxylic acids is 1. The Morgan fingerprint density at radius 1 is 1.47 bits per heavy atom. The molecular weight excluding hydrogens is 226 g/mol. The molecule has 6 heteroatoms. The van der Waals surface area contributed by atoms with Gasteiger partial charge in [-0.1, -0.05) is 0 Å². The quantitative estimate of drug-likeness (QED) is 0.805. The van der Waals surface area contributed by atoms with Gasteiger partial charge in [-0.25, -0.2) is 4.79 Å². The lowest BCUT2D eigenvalue weighted by Gasteiger charge is -2.34. The van der Waals surface area contributed by atoms with Crippen molar-refractivity contribution in [3.63, 3.8) is 0 Å². The van der Waals surface area contributed by atoms with Crippen LogP contribution in [0.4, 0.5) is 4.79 Å². The van der Waals surface area contributed by atoms with Gasteiger partial charge < -0.3 is 14.6 Å². The van der Waals surface area contributed by atoms with Gasteiger partial charge in [0.05, 0.1) is 13.2 Å². The summed E-state index contributed by atoms with van der Waals surface area (Å²) in [7, 11) is 0. The van der Waals surface area contributed by atoms with E-state index in [-0.39, 0.29) is 12.6 Å². The van der Waals surface area contributed by atoms with Crippen molar-refractivity contribution in [2.24, 2.45) is 0 Å². The fourth-order valence-corrected chi connectivity index (χ4v) is 1.52. The molecule has 0 unspecified atom stereocenters. The van der Waals surface area contributed by atoms with E-state index in [2.05, 4.69) is 0 Å². The maximum atomic E-state index is 11.9. The minimum Gasteiger partial charge on any atom is -0.480 e. The van der Waals surface area contributed by atoms with Gasteiger partial charge in [-0.3, -0.25) is 9.69 Å². The summed E-state index contributed by atoms with van der Waals surface area (Å²) in [5.41, 5.74) is -0.588. The fourth-order valence-electron chi connectivity index (χ4n) is 1.52. The predicted molar refractivity (Wildman–Crippen MR) is 59.8 cm³/mol. The van der Waals surface area contributed by atoms with Crippen LogP contribution in [-0.4, -0.2) is 53.5 Å². The van der Waals surface area contributed by atoms with Crippen molar-refractivity contribution in [3.8, 4) is 0 Å². The number of rotatable bonds is 3. The van der Waals surface area contributed by atoms with Crippen LogP contribution in [0.5, 0.6) is 0 Å². The van der Waals surface area contributed by atoms with Gasteiger partial charge in [-0.05, 0) is 20.8 Å². The topological polar surface area (TPSA) is 76.1 Å². The average molecular weight is 245 g/mol. The third-order valence-corrected chi connectivity index (χ3v) is 2.48. The van der Waals surface area contributed by atoms with Crippen LogP contribution in [0.15, 0.2) is 0 Å². The summed E-state index contributed by atoms with van der Waals surface area (Å²) in [4.78, 5) is 23.8. The molecule has 1 saturated heterocycles. The summed E-state index contributed by atoms with van der Waals surface area (Å²) in [6.07, 6.45) is -0.201. The zero-order valence-corrected chi connectivity index (χ0v) is 10.4. The first-order valence-corrected chi connectivity index (χ1v) is 5.58. The molecule has 1 N–H and O–H groups in total. The molecule has 0 aliphatic carbocycles. The summed E-state index contributed by atoms with van der Waals surface area (Å²) in [6.45, 7) is 5.89. The molecule has 0 aromatic heterocycles. The molecule has 1 atom stereocenters. The Kier molecular flexibility index (Phi) is 4.34. The van der Waals surface area contributed by atoms with Crippen molar-refractivity contribution in [2.45, 2.75) is 38.8 Å². The Balaban J connectivity index is 2.61. The molecule has 17 heavy (non-hydrogen) atoms. The zero-order chi connectivity index (χ0) is 13.1. The number of nitrogens with zero attached hydrogens (tertiary/aromatic N) is 1. The molecule has 0 aromatic rings. The second kappa shape index (κ2) is 5.35. The molecular formula is C11H19NO5. The van der Waals surface area contributed by atoms with Crippen LogP contribution in [0.25, 0.3) is 0 Å². The summed E-state index contributed by atoms with van der Waals surface area (Å²) in [6, 6.07) is 0. The van der Waals surface area contributed by atoms with Crippen molar-refractivity contribution < 1.29 is 24.2 Å². The fraction of sp³-hybridized carbons (Fsp3) is 0.818. The minimum absolute atomic E-state index is 0.263. The Hall–Kier alpha value is -1.30. The monoisotopic (exact) mass is 245 g/mol. The van der Waals surface area contributed by atoms with Crippen molar-refractivity contribution in [2.75, 3.05) is 19.8 Å². The van der Waals surface area contributed by atoms with E-state index >= 15 is 0 Å². The largest absolute Gasteiger partial charge is 0.480 e.